The van der Waals surface area contributed by atoms with E-state index in [1.807, 2.05) is 13.8 Å². The molecule has 0 radical (unpaired) electrons. The Balaban J connectivity index is 2.78. The predicted molar refractivity (Wildman–Crippen MR) is 83.1 cm³/mol. The van der Waals surface area contributed by atoms with Gasteiger partial charge in [0, 0.05) is 0 Å². The number of nitrogens with one attached hydrogen (secondary N) is 1. The highest BCUT2D eigenvalue weighted by Gasteiger charge is 2.24. The molecule has 0 saturated heterocycles. The number of benzene rings is 1. The van der Waals surface area contributed by atoms with Gasteiger partial charge >= 0.3 is 0 Å². The molecular weight excluding hydrogens is 248 g/mol. The van der Waals surface area contributed by atoms with Crippen LogP contribution in [-0.4, -0.2) is 18.7 Å². The maximum Gasteiger partial charge on any atom is 0.138 e. The Kier molecular flexibility index (Phi) is 6.04. The van der Waals surface area contributed by atoms with Gasteiger partial charge in [-0.05, 0) is 49.9 Å². The van der Waals surface area contributed by atoms with Crippen molar-refractivity contribution in [2.24, 2.45) is 0 Å². The van der Waals surface area contributed by atoms with Crippen LogP contribution in [0.25, 0.3) is 0 Å². The summed E-state index contributed by atoms with van der Waals surface area (Å²) >= 11 is 0. The Morgan fingerprint density at radius 1 is 1.40 bits per heavy atom. The summed E-state index contributed by atoms with van der Waals surface area (Å²) in [6.45, 7) is 11.5. The van der Waals surface area contributed by atoms with Crippen molar-refractivity contribution >= 4 is 0 Å². The summed E-state index contributed by atoms with van der Waals surface area (Å²) in [5.41, 5.74) is 1.71. The second-order valence-electron chi connectivity index (χ2n) is 5.84. The summed E-state index contributed by atoms with van der Waals surface area (Å²) < 4.78 is 5.90. The normalized spacial score (nSPS) is 13.8. The van der Waals surface area contributed by atoms with E-state index < -0.39 is 5.54 Å². The number of ether oxygens (including phenoxy) is 1. The number of hydrogen-bond acceptors (Lipinski definition) is 3. The molecule has 3 nitrogen and oxygen atoms in total. The summed E-state index contributed by atoms with van der Waals surface area (Å²) in [4.78, 5) is 0. The van der Waals surface area contributed by atoms with Crippen molar-refractivity contribution in [3.63, 3.8) is 0 Å². The second-order valence-corrected chi connectivity index (χ2v) is 5.84. The molecule has 0 aliphatic carbocycles. The van der Waals surface area contributed by atoms with Gasteiger partial charge in [-0.2, -0.15) is 5.26 Å². The zero-order valence-electron chi connectivity index (χ0n) is 13.3. The van der Waals surface area contributed by atoms with Crippen molar-refractivity contribution in [3.8, 4) is 11.8 Å². The molecule has 0 bridgehead atoms. The summed E-state index contributed by atoms with van der Waals surface area (Å²) in [6.07, 6.45) is 0.999. The van der Waals surface area contributed by atoms with Crippen LogP contribution < -0.4 is 10.1 Å². The van der Waals surface area contributed by atoms with Crippen LogP contribution in [0.5, 0.6) is 5.75 Å². The lowest BCUT2D eigenvalue weighted by Crippen LogP contribution is -2.46. The largest absolute Gasteiger partial charge is 0.490 e. The molecule has 0 amide bonds. The average molecular weight is 274 g/mol. The summed E-state index contributed by atoms with van der Waals surface area (Å²) in [5, 5.41) is 12.5. The molecule has 0 saturated carbocycles. The first-order valence-corrected chi connectivity index (χ1v) is 7.31. The van der Waals surface area contributed by atoms with Gasteiger partial charge in [-0.3, -0.25) is 5.32 Å². The number of aryl methyl sites for hydroxylation is 1. The van der Waals surface area contributed by atoms with E-state index in [1.54, 1.807) is 0 Å². The van der Waals surface area contributed by atoms with E-state index in [2.05, 4.69) is 50.4 Å². The van der Waals surface area contributed by atoms with Crippen molar-refractivity contribution < 1.29 is 4.74 Å². The number of hydrogen-bond donors (Lipinski definition) is 1. The molecule has 1 N–H and O–H groups in total. The lowest BCUT2D eigenvalue weighted by molar-refractivity contribution is 0.233. The number of nitrogens with zero attached hydrogens (tertiary/aromatic N) is 1. The smallest absolute Gasteiger partial charge is 0.138 e. The van der Waals surface area contributed by atoms with Crippen molar-refractivity contribution in [1.82, 2.24) is 5.32 Å². The van der Waals surface area contributed by atoms with E-state index >= 15 is 0 Å². The lowest BCUT2D eigenvalue weighted by atomic mass is 10.0. The molecule has 20 heavy (non-hydrogen) atoms. The van der Waals surface area contributed by atoms with Crippen LogP contribution in [0.3, 0.4) is 0 Å². The van der Waals surface area contributed by atoms with Gasteiger partial charge in [-0.1, -0.05) is 32.9 Å². The Morgan fingerprint density at radius 3 is 2.65 bits per heavy atom. The van der Waals surface area contributed by atoms with E-state index in [1.165, 1.54) is 5.56 Å². The second kappa shape index (κ2) is 7.31. The summed E-state index contributed by atoms with van der Waals surface area (Å²) in [7, 11) is 0. The molecule has 1 atom stereocenters. The maximum absolute atomic E-state index is 9.31. The van der Waals surface area contributed by atoms with Crippen molar-refractivity contribution in [2.75, 3.05) is 13.2 Å². The van der Waals surface area contributed by atoms with Crippen molar-refractivity contribution in [1.29, 1.82) is 5.26 Å². The third-order valence-corrected chi connectivity index (χ3v) is 3.41. The van der Waals surface area contributed by atoms with Crippen LogP contribution in [0.15, 0.2) is 18.2 Å². The molecule has 0 spiro atoms. The maximum atomic E-state index is 9.31. The van der Waals surface area contributed by atoms with Crippen LogP contribution in [-0.2, 0) is 0 Å². The first-order valence-electron chi connectivity index (χ1n) is 7.31. The first kappa shape index (κ1) is 16.5. The Hall–Kier alpha value is -1.53. The van der Waals surface area contributed by atoms with E-state index in [0.29, 0.717) is 12.5 Å². The highest BCUT2D eigenvalue weighted by atomic mass is 16.5. The van der Waals surface area contributed by atoms with Gasteiger partial charge in [0.15, 0.2) is 0 Å². The molecule has 1 aromatic carbocycles. The lowest BCUT2D eigenvalue weighted by Gasteiger charge is -2.24. The molecule has 1 aromatic rings. The van der Waals surface area contributed by atoms with Gasteiger partial charge < -0.3 is 4.74 Å². The van der Waals surface area contributed by atoms with Gasteiger partial charge in [0.1, 0.15) is 17.9 Å². The van der Waals surface area contributed by atoms with Crippen LogP contribution in [0.2, 0.25) is 0 Å². The fourth-order valence-electron chi connectivity index (χ4n) is 1.88. The van der Waals surface area contributed by atoms with Crippen molar-refractivity contribution in [3.05, 3.63) is 29.3 Å². The van der Waals surface area contributed by atoms with Gasteiger partial charge in [0.25, 0.3) is 0 Å². The molecule has 0 fully saturated rings. The van der Waals surface area contributed by atoms with E-state index in [-0.39, 0.29) is 0 Å². The topological polar surface area (TPSA) is 45.0 Å². The first-order chi connectivity index (χ1) is 9.41. The summed E-state index contributed by atoms with van der Waals surface area (Å²) in [5.74, 6) is 1.34. The third-order valence-electron chi connectivity index (χ3n) is 3.41. The molecule has 110 valence electrons. The minimum Gasteiger partial charge on any atom is -0.490 e. The number of nitriles is 1. The standard InChI is InChI=1S/C17H26N2O/c1-6-9-19-17(5,11-18)12-20-16-10-15(13(2)3)8-7-14(16)4/h7-8,10,13,19H,6,9,12H2,1-5H3. The van der Waals surface area contributed by atoms with E-state index in [9.17, 15) is 5.26 Å². The van der Waals surface area contributed by atoms with Crippen LogP contribution in [0.1, 0.15) is 51.2 Å². The molecule has 0 aliphatic heterocycles. The monoisotopic (exact) mass is 274 g/mol. The minimum atomic E-state index is -0.643. The zero-order chi connectivity index (χ0) is 15.2. The van der Waals surface area contributed by atoms with Crippen LogP contribution in [0.4, 0.5) is 0 Å². The fourth-order valence-corrected chi connectivity index (χ4v) is 1.88. The Bertz CT molecular complexity index is 476. The van der Waals surface area contributed by atoms with Crippen LogP contribution >= 0.6 is 0 Å². The fraction of sp³-hybridized carbons (Fsp3) is 0.588. The molecular formula is C17H26N2O. The third kappa shape index (κ3) is 4.54. The molecule has 0 aromatic heterocycles. The van der Waals surface area contributed by atoms with E-state index in [0.717, 1.165) is 24.3 Å². The highest BCUT2D eigenvalue weighted by Crippen LogP contribution is 2.25. The molecule has 0 heterocycles. The predicted octanol–water partition coefficient (Wildman–Crippen LogP) is 3.78. The Morgan fingerprint density at radius 2 is 2.10 bits per heavy atom. The van der Waals surface area contributed by atoms with Gasteiger partial charge in [-0.25, -0.2) is 0 Å². The molecule has 3 heteroatoms. The number of rotatable bonds is 7. The molecule has 1 rings (SSSR count). The molecule has 0 aliphatic rings. The quantitative estimate of drug-likeness (QED) is 0.823. The zero-order valence-corrected chi connectivity index (χ0v) is 13.3. The van der Waals surface area contributed by atoms with Gasteiger partial charge in [0.05, 0.1) is 6.07 Å². The van der Waals surface area contributed by atoms with Gasteiger partial charge in [0.2, 0.25) is 0 Å². The summed E-state index contributed by atoms with van der Waals surface area (Å²) in [6, 6.07) is 8.59. The average Bonchev–Trinajstić information content (AvgIpc) is 2.44. The SMILES string of the molecule is CCCNC(C)(C#N)COc1cc(C(C)C)ccc1C. The Labute approximate surface area is 123 Å². The van der Waals surface area contributed by atoms with E-state index in [4.69, 9.17) is 4.74 Å². The minimum absolute atomic E-state index is 0.353. The highest BCUT2D eigenvalue weighted by molar-refractivity contribution is 5.38. The van der Waals surface area contributed by atoms with Crippen LogP contribution in [0, 0.1) is 18.3 Å². The van der Waals surface area contributed by atoms with Gasteiger partial charge in [-0.15, -0.1) is 0 Å². The molecule has 1 unspecified atom stereocenters. The van der Waals surface area contributed by atoms with Crippen molar-refractivity contribution in [2.45, 2.75) is 52.5 Å².